The summed E-state index contributed by atoms with van der Waals surface area (Å²) >= 11 is 0. The van der Waals surface area contributed by atoms with Gasteiger partial charge in [-0.3, -0.25) is 0 Å². The molecule has 2 aromatic rings. The first-order valence-corrected chi connectivity index (χ1v) is 9.76. The first kappa shape index (κ1) is 17.7. The lowest BCUT2D eigenvalue weighted by molar-refractivity contribution is 0.207. The molecule has 0 bridgehead atoms. The third-order valence-corrected chi connectivity index (χ3v) is 5.98. The number of sulfonamides is 1. The van der Waals surface area contributed by atoms with Gasteiger partial charge in [-0.2, -0.15) is 4.31 Å². The van der Waals surface area contributed by atoms with E-state index >= 15 is 0 Å². The van der Waals surface area contributed by atoms with Crippen LogP contribution in [-0.2, 0) is 10.0 Å². The fraction of sp³-hybridized carbons (Fsp3) is 0.389. The monoisotopic (exact) mass is 362 g/mol. The summed E-state index contributed by atoms with van der Waals surface area (Å²) < 4.78 is 38.5. The Morgan fingerprint density at radius 1 is 1.28 bits per heavy atom. The van der Waals surface area contributed by atoms with Crippen LogP contribution in [0.1, 0.15) is 18.9 Å². The minimum atomic E-state index is -3.54. The van der Waals surface area contributed by atoms with Crippen molar-refractivity contribution in [2.75, 3.05) is 19.7 Å². The van der Waals surface area contributed by atoms with Crippen molar-refractivity contribution in [2.24, 2.45) is 0 Å². The lowest BCUT2D eigenvalue weighted by atomic mass is 10.2. The summed E-state index contributed by atoms with van der Waals surface area (Å²) in [5.41, 5.74) is 0.809. The molecule has 1 aromatic heterocycles. The van der Waals surface area contributed by atoms with Crippen molar-refractivity contribution in [1.82, 2.24) is 9.29 Å². The minimum absolute atomic E-state index is 0.187. The molecule has 6 nitrogen and oxygen atoms in total. The summed E-state index contributed by atoms with van der Waals surface area (Å²) in [4.78, 5) is 4.41. The Labute approximate surface area is 148 Å². The number of aromatic nitrogens is 1. The molecule has 0 N–H and O–H groups in total. The second-order valence-corrected chi connectivity index (χ2v) is 7.86. The van der Waals surface area contributed by atoms with Crippen molar-refractivity contribution < 1.29 is 17.9 Å². The van der Waals surface area contributed by atoms with Crippen molar-refractivity contribution in [3.05, 3.63) is 48.2 Å². The molecule has 0 amide bonds. The van der Waals surface area contributed by atoms with E-state index in [9.17, 15) is 8.42 Å². The molecule has 1 atom stereocenters. The van der Waals surface area contributed by atoms with E-state index in [1.54, 1.807) is 30.5 Å². The zero-order valence-electron chi connectivity index (χ0n) is 14.4. The summed E-state index contributed by atoms with van der Waals surface area (Å²) in [5.74, 6) is 1.22. The van der Waals surface area contributed by atoms with Crippen LogP contribution in [0.3, 0.4) is 0 Å². The molecule has 0 aliphatic carbocycles. The predicted molar refractivity (Wildman–Crippen MR) is 94.4 cm³/mol. The van der Waals surface area contributed by atoms with Gasteiger partial charge in [-0.15, -0.1) is 0 Å². The smallest absolute Gasteiger partial charge is 0.243 e. The van der Waals surface area contributed by atoms with Crippen molar-refractivity contribution in [3.63, 3.8) is 0 Å². The number of pyridine rings is 1. The molecule has 1 aromatic carbocycles. The van der Waals surface area contributed by atoms with Crippen LogP contribution >= 0.6 is 0 Å². The Bertz CT molecular complexity index is 824. The number of benzene rings is 1. The quantitative estimate of drug-likeness (QED) is 0.790. The van der Waals surface area contributed by atoms with Gasteiger partial charge in [-0.05, 0) is 50.1 Å². The normalized spacial score (nSPS) is 18.2. The molecular formula is C18H22N2O4S. The highest BCUT2D eigenvalue weighted by Gasteiger charge is 2.34. The molecule has 3 rings (SSSR count). The van der Waals surface area contributed by atoms with Crippen LogP contribution in [-0.4, -0.2) is 43.5 Å². The van der Waals surface area contributed by atoms with Gasteiger partial charge in [0.15, 0.2) is 0 Å². The van der Waals surface area contributed by atoms with Gasteiger partial charge in [0.25, 0.3) is 0 Å². The molecule has 1 fully saturated rings. The lowest BCUT2D eigenvalue weighted by Crippen LogP contribution is -2.31. The van der Waals surface area contributed by atoms with Gasteiger partial charge in [0.2, 0.25) is 15.9 Å². The second kappa shape index (κ2) is 7.41. The van der Waals surface area contributed by atoms with Gasteiger partial charge >= 0.3 is 0 Å². The molecular weight excluding hydrogens is 340 g/mol. The number of hydrogen-bond acceptors (Lipinski definition) is 5. The standard InChI is InChI=1S/C18H22N2O4S/c1-3-23-17-8-7-16(12-14(17)2)25(21,22)20-11-9-15(13-20)24-18-6-4-5-10-19-18/h4-8,10,12,15H,3,9,11,13H2,1-2H3. The van der Waals surface area contributed by atoms with Gasteiger partial charge in [0.1, 0.15) is 11.9 Å². The molecule has 0 saturated carbocycles. The van der Waals surface area contributed by atoms with Crippen LogP contribution in [0.5, 0.6) is 11.6 Å². The maximum Gasteiger partial charge on any atom is 0.243 e. The van der Waals surface area contributed by atoms with E-state index in [1.165, 1.54) is 4.31 Å². The third-order valence-electron chi connectivity index (χ3n) is 4.12. The van der Waals surface area contributed by atoms with E-state index in [2.05, 4.69) is 4.98 Å². The van der Waals surface area contributed by atoms with Crippen molar-refractivity contribution in [3.8, 4) is 11.6 Å². The largest absolute Gasteiger partial charge is 0.494 e. The Balaban J connectivity index is 1.72. The highest BCUT2D eigenvalue weighted by molar-refractivity contribution is 7.89. The molecule has 1 saturated heterocycles. The Hall–Kier alpha value is -2.12. The fourth-order valence-electron chi connectivity index (χ4n) is 2.85. The van der Waals surface area contributed by atoms with E-state index in [4.69, 9.17) is 9.47 Å². The number of rotatable bonds is 6. The van der Waals surface area contributed by atoms with E-state index < -0.39 is 10.0 Å². The van der Waals surface area contributed by atoms with Gasteiger partial charge < -0.3 is 9.47 Å². The van der Waals surface area contributed by atoms with Gasteiger partial charge in [0.05, 0.1) is 18.0 Å². The predicted octanol–water partition coefficient (Wildman–Crippen LogP) is 2.63. The van der Waals surface area contributed by atoms with Crippen molar-refractivity contribution >= 4 is 10.0 Å². The number of hydrogen-bond donors (Lipinski definition) is 0. The molecule has 2 heterocycles. The lowest BCUT2D eigenvalue weighted by Gasteiger charge is -2.18. The van der Waals surface area contributed by atoms with E-state index in [-0.39, 0.29) is 11.0 Å². The van der Waals surface area contributed by atoms with Crippen molar-refractivity contribution in [2.45, 2.75) is 31.3 Å². The maximum absolute atomic E-state index is 12.9. The van der Waals surface area contributed by atoms with E-state index in [0.717, 1.165) is 5.56 Å². The van der Waals surface area contributed by atoms with Crippen LogP contribution in [0.2, 0.25) is 0 Å². The van der Waals surface area contributed by atoms with Crippen LogP contribution in [0.25, 0.3) is 0 Å². The van der Waals surface area contributed by atoms with E-state index in [0.29, 0.717) is 37.7 Å². The second-order valence-electron chi connectivity index (χ2n) is 5.92. The summed E-state index contributed by atoms with van der Waals surface area (Å²) in [6, 6.07) is 10.4. The van der Waals surface area contributed by atoms with Crippen LogP contribution in [0, 0.1) is 6.92 Å². The fourth-order valence-corrected chi connectivity index (χ4v) is 4.42. The highest BCUT2D eigenvalue weighted by Crippen LogP contribution is 2.27. The molecule has 134 valence electrons. The maximum atomic E-state index is 12.9. The summed E-state index contributed by atoms with van der Waals surface area (Å²) in [6.45, 7) is 5.06. The number of aryl methyl sites for hydroxylation is 1. The number of nitrogens with zero attached hydrogens (tertiary/aromatic N) is 2. The molecule has 1 aliphatic heterocycles. The third kappa shape index (κ3) is 3.93. The van der Waals surface area contributed by atoms with Gasteiger partial charge in [-0.25, -0.2) is 13.4 Å². The van der Waals surface area contributed by atoms with Gasteiger partial charge in [-0.1, -0.05) is 6.07 Å². The van der Waals surface area contributed by atoms with Crippen LogP contribution in [0.15, 0.2) is 47.5 Å². The zero-order chi connectivity index (χ0) is 17.9. The Kier molecular flexibility index (Phi) is 5.24. The molecule has 0 radical (unpaired) electrons. The molecule has 25 heavy (non-hydrogen) atoms. The van der Waals surface area contributed by atoms with Crippen molar-refractivity contribution in [1.29, 1.82) is 0 Å². The average Bonchev–Trinajstić information content (AvgIpc) is 3.07. The zero-order valence-corrected chi connectivity index (χ0v) is 15.2. The SMILES string of the molecule is CCOc1ccc(S(=O)(=O)N2CCC(Oc3ccccn3)C2)cc1C. The number of ether oxygens (including phenoxy) is 2. The topological polar surface area (TPSA) is 68.7 Å². The minimum Gasteiger partial charge on any atom is -0.494 e. The first-order chi connectivity index (χ1) is 12.0. The van der Waals surface area contributed by atoms with Crippen LogP contribution < -0.4 is 9.47 Å². The molecule has 7 heteroatoms. The molecule has 1 unspecified atom stereocenters. The summed E-state index contributed by atoms with van der Waals surface area (Å²) in [7, 11) is -3.54. The molecule has 0 spiro atoms. The van der Waals surface area contributed by atoms with Gasteiger partial charge in [0, 0.05) is 18.8 Å². The first-order valence-electron chi connectivity index (χ1n) is 8.32. The average molecular weight is 362 g/mol. The highest BCUT2D eigenvalue weighted by atomic mass is 32.2. The molecule has 1 aliphatic rings. The Morgan fingerprint density at radius 2 is 2.12 bits per heavy atom. The van der Waals surface area contributed by atoms with Crippen LogP contribution in [0.4, 0.5) is 0 Å². The summed E-state index contributed by atoms with van der Waals surface area (Å²) in [5, 5.41) is 0. The summed E-state index contributed by atoms with van der Waals surface area (Å²) in [6.07, 6.45) is 2.11. The van der Waals surface area contributed by atoms with E-state index in [1.807, 2.05) is 26.0 Å². The Morgan fingerprint density at radius 3 is 2.80 bits per heavy atom.